The fourth-order valence-electron chi connectivity index (χ4n) is 5.18. The molecule has 2 N–H and O–H groups in total. The van der Waals surface area contributed by atoms with Gasteiger partial charge in [-0.1, -0.05) is 60.7 Å². The highest BCUT2D eigenvalue weighted by molar-refractivity contribution is 5.99. The molecule has 8 heteroatoms. The van der Waals surface area contributed by atoms with Crippen LogP contribution in [0.1, 0.15) is 30.5 Å². The van der Waals surface area contributed by atoms with Gasteiger partial charge in [0.05, 0.1) is 23.5 Å². The zero-order valence-electron chi connectivity index (χ0n) is 20.6. The quantitative estimate of drug-likeness (QED) is 0.364. The number of amides is 2. The van der Waals surface area contributed by atoms with E-state index >= 15 is 0 Å². The highest BCUT2D eigenvalue weighted by Gasteiger charge is 2.40. The maximum absolute atomic E-state index is 12.9. The van der Waals surface area contributed by atoms with Gasteiger partial charge in [0, 0.05) is 17.3 Å². The summed E-state index contributed by atoms with van der Waals surface area (Å²) in [5, 5.41) is 12.1. The van der Waals surface area contributed by atoms with Gasteiger partial charge >= 0.3 is 6.09 Å². The molecule has 4 aromatic rings. The summed E-state index contributed by atoms with van der Waals surface area (Å²) in [6, 6.07) is 25.4. The lowest BCUT2D eigenvalue weighted by Gasteiger charge is -2.42. The summed E-state index contributed by atoms with van der Waals surface area (Å²) in [5.74, 6) is 0.236. The molecule has 2 aromatic carbocycles. The highest BCUT2D eigenvalue weighted by Crippen LogP contribution is 2.43. The first-order chi connectivity index (χ1) is 18.5. The predicted octanol–water partition coefficient (Wildman–Crippen LogP) is 5.38. The molecule has 38 heavy (non-hydrogen) atoms. The lowest BCUT2D eigenvalue weighted by Crippen LogP contribution is -2.50. The fraction of sp³-hybridized carbons (Fsp3) is 0.200. The van der Waals surface area contributed by atoms with E-state index in [0.29, 0.717) is 18.1 Å². The van der Waals surface area contributed by atoms with Gasteiger partial charge in [-0.25, -0.2) is 9.78 Å². The molecule has 2 amide bonds. The van der Waals surface area contributed by atoms with E-state index < -0.39 is 11.6 Å². The summed E-state index contributed by atoms with van der Waals surface area (Å²) in [6.07, 6.45) is 3.23. The van der Waals surface area contributed by atoms with Gasteiger partial charge in [0.2, 0.25) is 5.88 Å². The molecule has 2 aliphatic rings. The molecule has 0 saturated heterocycles. The number of benzene rings is 2. The molecule has 6 rings (SSSR count). The second kappa shape index (κ2) is 9.63. The minimum Gasteiger partial charge on any atom is -0.466 e. The fourth-order valence-corrected chi connectivity index (χ4v) is 5.18. The Bertz CT molecular complexity index is 1490. The molecule has 190 valence electrons. The van der Waals surface area contributed by atoms with Crippen LogP contribution in [-0.2, 0) is 16.9 Å². The molecule has 1 saturated carbocycles. The number of fused-ring (bicyclic) bond motifs is 1. The van der Waals surface area contributed by atoms with E-state index in [0.717, 1.165) is 52.9 Å². The van der Waals surface area contributed by atoms with Gasteiger partial charge in [-0.2, -0.15) is 0 Å². The lowest BCUT2D eigenvalue weighted by atomic mass is 9.71. The minimum absolute atomic E-state index is 0.0979. The number of rotatable bonds is 6. The third-order valence-corrected chi connectivity index (χ3v) is 7.29. The summed E-state index contributed by atoms with van der Waals surface area (Å²) in [6.45, 7) is 0.220. The van der Waals surface area contributed by atoms with E-state index in [9.17, 15) is 14.7 Å². The maximum atomic E-state index is 12.9. The van der Waals surface area contributed by atoms with Gasteiger partial charge in [0.15, 0.2) is 6.61 Å². The van der Waals surface area contributed by atoms with Gasteiger partial charge in [0.25, 0.3) is 5.91 Å². The third kappa shape index (κ3) is 4.34. The molecule has 0 bridgehead atoms. The van der Waals surface area contributed by atoms with E-state index in [2.05, 4.69) is 10.3 Å². The Morgan fingerprint density at radius 3 is 2.42 bits per heavy atom. The van der Waals surface area contributed by atoms with Crippen LogP contribution in [0.15, 0.2) is 85.1 Å². The Kier molecular flexibility index (Phi) is 5.99. The molecule has 8 nitrogen and oxygen atoms in total. The van der Waals surface area contributed by atoms with Crippen LogP contribution in [-0.4, -0.2) is 33.7 Å². The number of pyridine rings is 2. The predicted molar refractivity (Wildman–Crippen MR) is 143 cm³/mol. The molecule has 1 aliphatic carbocycles. The first kappa shape index (κ1) is 23.7. The Balaban J connectivity index is 1.43. The number of carbonyl (C=O) groups is 2. The Hall–Kier alpha value is -4.72. The summed E-state index contributed by atoms with van der Waals surface area (Å²) >= 11 is 0. The summed E-state index contributed by atoms with van der Waals surface area (Å²) in [5.41, 5.74) is 5.20. The molecule has 0 radical (unpaired) electrons. The third-order valence-electron chi connectivity index (χ3n) is 7.29. The van der Waals surface area contributed by atoms with Gasteiger partial charge in [0.1, 0.15) is 5.69 Å². The number of anilines is 1. The van der Waals surface area contributed by atoms with Crippen molar-refractivity contribution in [3.63, 3.8) is 0 Å². The molecule has 2 aromatic heterocycles. The first-order valence-corrected chi connectivity index (χ1v) is 12.6. The van der Waals surface area contributed by atoms with Crippen LogP contribution in [0.2, 0.25) is 0 Å². The van der Waals surface area contributed by atoms with Crippen LogP contribution in [0.25, 0.3) is 22.4 Å². The van der Waals surface area contributed by atoms with Crippen molar-refractivity contribution < 1.29 is 19.4 Å². The van der Waals surface area contributed by atoms with Crippen molar-refractivity contribution in [2.24, 2.45) is 0 Å². The van der Waals surface area contributed by atoms with E-state index in [1.165, 1.54) is 0 Å². The van der Waals surface area contributed by atoms with E-state index in [4.69, 9.17) is 9.72 Å². The summed E-state index contributed by atoms with van der Waals surface area (Å²) < 4.78 is 5.81. The standard InChI is InChI=1S/C30H26N4O4/c35-26-19-38-28-25(34(26)18-23-9-4-5-16-31-23)17-24(20-7-2-1-3-8-20)27(32-28)21-10-12-22(13-11-21)30(14-6-15-30)33-29(36)37/h1-5,7-13,16-17,33H,6,14-15,18-19H2,(H,36,37). The number of nitrogens with one attached hydrogen (secondary N) is 1. The Morgan fingerprint density at radius 1 is 1.00 bits per heavy atom. The van der Waals surface area contributed by atoms with Gasteiger partial charge in [-0.3, -0.25) is 14.7 Å². The number of hydrogen-bond acceptors (Lipinski definition) is 5. The van der Waals surface area contributed by atoms with Crippen molar-refractivity contribution in [1.82, 2.24) is 15.3 Å². The number of hydrogen-bond donors (Lipinski definition) is 2. The topological polar surface area (TPSA) is 105 Å². The van der Waals surface area contributed by atoms with E-state index in [-0.39, 0.29) is 12.5 Å². The van der Waals surface area contributed by atoms with Crippen molar-refractivity contribution in [3.8, 4) is 28.3 Å². The number of aromatic nitrogens is 2. The highest BCUT2D eigenvalue weighted by atomic mass is 16.5. The Labute approximate surface area is 219 Å². The second-order valence-electron chi connectivity index (χ2n) is 9.61. The zero-order chi connectivity index (χ0) is 26.1. The maximum Gasteiger partial charge on any atom is 0.405 e. The average molecular weight is 507 g/mol. The van der Waals surface area contributed by atoms with Crippen molar-refractivity contribution in [1.29, 1.82) is 0 Å². The molecular weight excluding hydrogens is 480 g/mol. The molecule has 0 atom stereocenters. The van der Waals surface area contributed by atoms with Gasteiger partial charge < -0.3 is 15.2 Å². The summed E-state index contributed by atoms with van der Waals surface area (Å²) in [4.78, 5) is 35.3. The van der Waals surface area contributed by atoms with E-state index in [1.807, 2.05) is 78.9 Å². The molecular formula is C30H26N4O4. The van der Waals surface area contributed by atoms with Gasteiger partial charge in [-0.05, 0) is 48.6 Å². The molecule has 1 fully saturated rings. The van der Waals surface area contributed by atoms with E-state index in [1.54, 1.807) is 11.1 Å². The van der Waals surface area contributed by atoms with Crippen molar-refractivity contribution in [2.45, 2.75) is 31.3 Å². The number of ether oxygens (including phenoxy) is 1. The monoisotopic (exact) mass is 506 g/mol. The van der Waals surface area contributed by atoms with Crippen molar-refractivity contribution in [2.75, 3.05) is 11.5 Å². The second-order valence-corrected chi connectivity index (χ2v) is 9.61. The molecule has 0 spiro atoms. The average Bonchev–Trinajstić information content (AvgIpc) is 2.93. The van der Waals surface area contributed by atoms with Crippen molar-refractivity contribution >= 4 is 17.7 Å². The SMILES string of the molecule is O=C(O)NC1(c2ccc(-c3nc4c(cc3-c3ccccc3)N(Cc3ccccn3)C(=O)CO4)cc2)CCC1. The van der Waals surface area contributed by atoms with Crippen LogP contribution in [0, 0.1) is 0 Å². The molecule has 1 aliphatic heterocycles. The number of nitrogens with zero attached hydrogens (tertiary/aromatic N) is 3. The molecule has 3 heterocycles. The molecule has 0 unspecified atom stereocenters. The van der Waals surface area contributed by atoms with Crippen LogP contribution in [0.3, 0.4) is 0 Å². The lowest BCUT2D eigenvalue weighted by molar-refractivity contribution is -0.121. The normalized spacial score (nSPS) is 15.7. The van der Waals surface area contributed by atoms with Crippen molar-refractivity contribution in [3.05, 3.63) is 96.3 Å². The largest absolute Gasteiger partial charge is 0.466 e. The van der Waals surface area contributed by atoms with Gasteiger partial charge in [-0.15, -0.1) is 0 Å². The number of carbonyl (C=O) groups excluding carboxylic acids is 1. The smallest absolute Gasteiger partial charge is 0.405 e. The first-order valence-electron chi connectivity index (χ1n) is 12.6. The van der Waals surface area contributed by atoms with Crippen LogP contribution in [0.5, 0.6) is 5.88 Å². The van der Waals surface area contributed by atoms with Crippen LogP contribution in [0.4, 0.5) is 10.5 Å². The Morgan fingerprint density at radius 2 is 1.76 bits per heavy atom. The minimum atomic E-state index is -1.02. The summed E-state index contributed by atoms with van der Waals surface area (Å²) in [7, 11) is 0. The zero-order valence-corrected chi connectivity index (χ0v) is 20.6. The van der Waals surface area contributed by atoms with Crippen LogP contribution >= 0.6 is 0 Å². The van der Waals surface area contributed by atoms with Crippen LogP contribution < -0.4 is 15.0 Å². The number of carboxylic acid groups (broad SMARTS) is 1.